The number of nitrogens with one attached hydrogen (secondary N) is 2. The molecule has 0 radical (unpaired) electrons. The third-order valence-electron chi connectivity index (χ3n) is 3.12. The van der Waals surface area contributed by atoms with Crippen molar-refractivity contribution in [1.82, 2.24) is 9.80 Å². The van der Waals surface area contributed by atoms with Crippen molar-refractivity contribution in [1.29, 1.82) is 0 Å². The van der Waals surface area contributed by atoms with Gasteiger partial charge in [-0.1, -0.05) is 6.07 Å². The molecule has 8 heteroatoms. The molecule has 122 valence electrons. The molecule has 1 heterocycles. The minimum atomic E-state index is -0.258. The fourth-order valence-corrected chi connectivity index (χ4v) is 2.70. The summed E-state index contributed by atoms with van der Waals surface area (Å²) in [5.41, 5.74) is 11.3. The third-order valence-corrected chi connectivity index (χ3v) is 3.89. The fraction of sp³-hybridized carbons (Fsp3) is 0.267. The van der Waals surface area contributed by atoms with E-state index in [0.29, 0.717) is 10.7 Å². The van der Waals surface area contributed by atoms with Crippen LogP contribution in [0.5, 0.6) is 5.75 Å². The van der Waals surface area contributed by atoms with Crippen LogP contribution in [0, 0.1) is 6.92 Å². The number of carbonyl (C=O) groups excluding carboxylic acids is 1. The number of rotatable bonds is 6. The highest BCUT2D eigenvalue weighted by molar-refractivity contribution is 7.10. The Morgan fingerprint density at radius 2 is 2.26 bits per heavy atom. The Hall–Kier alpha value is -2.61. The molecule has 0 aliphatic carbocycles. The van der Waals surface area contributed by atoms with Gasteiger partial charge in [0.2, 0.25) is 0 Å². The number of anilines is 2. The van der Waals surface area contributed by atoms with E-state index in [2.05, 4.69) is 20.2 Å². The van der Waals surface area contributed by atoms with E-state index in [9.17, 15) is 4.79 Å². The van der Waals surface area contributed by atoms with Gasteiger partial charge in [-0.3, -0.25) is 4.79 Å². The van der Waals surface area contributed by atoms with Crippen LogP contribution in [0.3, 0.4) is 0 Å². The van der Waals surface area contributed by atoms with Gasteiger partial charge in [0.1, 0.15) is 10.8 Å². The van der Waals surface area contributed by atoms with E-state index in [1.807, 2.05) is 31.2 Å². The Bertz CT molecular complexity index is 707. The number of methoxy groups -OCH3 is 1. The summed E-state index contributed by atoms with van der Waals surface area (Å²) in [6.45, 7) is 3.73. The van der Waals surface area contributed by atoms with Crippen LogP contribution in [0.1, 0.15) is 18.2 Å². The summed E-state index contributed by atoms with van der Waals surface area (Å²) in [5.74, 6) is 0.465. The molecule has 4 N–H and O–H groups in total. The summed E-state index contributed by atoms with van der Waals surface area (Å²) in [7, 11) is 1.59. The quantitative estimate of drug-likeness (QED) is 0.554. The Morgan fingerprint density at radius 1 is 1.48 bits per heavy atom. The number of aryl methyl sites for hydroxylation is 1. The smallest absolute Gasteiger partial charge is 0.259 e. The van der Waals surface area contributed by atoms with Crippen LogP contribution in [-0.2, 0) is 4.79 Å². The molecule has 7 nitrogen and oxygen atoms in total. The molecule has 0 aliphatic rings. The lowest BCUT2D eigenvalue weighted by molar-refractivity contribution is -0.119. The van der Waals surface area contributed by atoms with Crippen LogP contribution in [-0.4, -0.2) is 29.6 Å². The second-order valence-corrected chi connectivity index (χ2v) is 5.63. The van der Waals surface area contributed by atoms with E-state index in [0.717, 1.165) is 22.7 Å². The summed E-state index contributed by atoms with van der Waals surface area (Å²) in [5, 5.41) is 7.67. The number of nitrogens with zero attached hydrogens (tertiary/aromatic N) is 2. The monoisotopic (exact) mass is 333 g/mol. The maximum Gasteiger partial charge on any atom is 0.259 e. The predicted octanol–water partition coefficient (Wildman–Crippen LogP) is 1.99. The molecule has 0 spiro atoms. The molecule has 0 unspecified atom stereocenters. The molecular formula is C15H19N5O2S. The summed E-state index contributed by atoms with van der Waals surface area (Å²) >= 11 is 1.21. The highest BCUT2D eigenvalue weighted by Crippen LogP contribution is 2.21. The van der Waals surface area contributed by atoms with E-state index in [1.165, 1.54) is 11.5 Å². The van der Waals surface area contributed by atoms with Gasteiger partial charge in [-0.15, -0.1) is 0 Å². The van der Waals surface area contributed by atoms with Crippen molar-refractivity contribution in [2.45, 2.75) is 13.8 Å². The maximum atomic E-state index is 11.9. The lowest BCUT2D eigenvalue weighted by atomic mass is 10.2. The normalized spacial score (nSPS) is 11.2. The second kappa shape index (κ2) is 7.59. The SMILES string of the molecule is COc1cccc(NCC(=O)N/N=C(/C)c2c(C)nsc2N)c1. The van der Waals surface area contributed by atoms with E-state index >= 15 is 0 Å². The van der Waals surface area contributed by atoms with Crippen molar-refractivity contribution in [3.8, 4) is 5.75 Å². The van der Waals surface area contributed by atoms with Gasteiger partial charge in [0.05, 0.1) is 30.6 Å². The number of benzene rings is 1. The van der Waals surface area contributed by atoms with Crippen LogP contribution >= 0.6 is 11.5 Å². The number of aromatic nitrogens is 1. The number of ether oxygens (including phenoxy) is 1. The molecule has 1 aromatic heterocycles. The predicted molar refractivity (Wildman–Crippen MR) is 93.1 cm³/mol. The standard InChI is InChI=1S/C15H19N5O2S/c1-9(14-10(2)20-23-15(14)16)18-19-13(21)8-17-11-5-4-6-12(7-11)22-3/h4-7,17H,8,16H2,1-3H3,(H,19,21)/b18-9-. The second-order valence-electron chi connectivity index (χ2n) is 4.82. The first-order valence-electron chi connectivity index (χ1n) is 6.94. The van der Waals surface area contributed by atoms with Gasteiger partial charge in [0, 0.05) is 11.8 Å². The number of carbonyl (C=O) groups is 1. The van der Waals surface area contributed by atoms with Crippen molar-refractivity contribution < 1.29 is 9.53 Å². The van der Waals surface area contributed by atoms with E-state index in [1.54, 1.807) is 14.0 Å². The van der Waals surface area contributed by atoms with Crippen molar-refractivity contribution >= 4 is 33.8 Å². The molecule has 1 amide bonds. The summed E-state index contributed by atoms with van der Waals surface area (Å²) in [6.07, 6.45) is 0. The Balaban J connectivity index is 1.91. The molecule has 0 fully saturated rings. The number of nitrogens with two attached hydrogens (primary N) is 1. The zero-order valence-corrected chi connectivity index (χ0v) is 14.0. The third kappa shape index (κ3) is 4.43. The molecule has 1 aromatic carbocycles. The average Bonchev–Trinajstić information content (AvgIpc) is 2.89. The molecular weight excluding hydrogens is 314 g/mol. The van der Waals surface area contributed by atoms with Crippen molar-refractivity contribution in [2.24, 2.45) is 5.10 Å². The zero-order chi connectivity index (χ0) is 16.8. The van der Waals surface area contributed by atoms with Gasteiger partial charge in [0.25, 0.3) is 5.91 Å². The van der Waals surface area contributed by atoms with Crippen LogP contribution in [0.25, 0.3) is 0 Å². The number of nitrogen functional groups attached to an aromatic ring is 1. The Labute approximate surface area is 138 Å². The first-order chi connectivity index (χ1) is 11.0. The van der Waals surface area contributed by atoms with E-state index in [-0.39, 0.29) is 12.5 Å². The van der Waals surface area contributed by atoms with Gasteiger partial charge in [-0.2, -0.15) is 9.47 Å². The van der Waals surface area contributed by atoms with Gasteiger partial charge < -0.3 is 15.8 Å². The fourth-order valence-electron chi connectivity index (χ4n) is 1.98. The molecule has 2 aromatic rings. The van der Waals surface area contributed by atoms with Gasteiger partial charge in [-0.05, 0) is 37.5 Å². The summed E-state index contributed by atoms with van der Waals surface area (Å²) < 4.78 is 9.28. The highest BCUT2D eigenvalue weighted by atomic mass is 32.1. The largest absolute Gasteiger partial charge is 0.497 e. The minimum Gasteiger partial charge on any atom is -0.497 e. The molecule has 0 bridgehead atoms. The van der Waals surface area contributed by atoms with E-state index < -0.39 is 0 Å². The molecule has 0 aliphatic heterocycles. The number of amides is 1. The van der Waals surface area contributed by atoms with Gasteiger partial charge in [-0.25, -0.2) is 5.43 Å². The number of hydrogen-bond donors (Lipinski definition) is 3. The molecule has 0 saturated carbocycles. The average molecular weight is 333 g/mol. The van der Waals surface area contributed by atoms with Crippen LogP contribution in [0.15, 0.2) is 29.4 Å². The van der Waals surface area contributed by atoms with Crippen LogP contribution in [0.4, 0.5) is 10.7 Å². The highest BCUT2D eigenvalue weighted by Gasteiger charge is 2.11. The summed E-state index contributed by atoms with van der Waals surface area (Å²) in [4.78, 5) is 11.9. The Kier molecular flexibility index (Phi) is 5.53. The molecule has 0 atom stereocenters. The summed E-state index contributed by atoms with van der Waals surface area (Å²) in [6, 6.07) is 7.34. The van der Waals surface area contributed by atoms with Crippen molar-refractivity contribution in [2.75, 3.05) is 24.7 Å². The van der Waals surface area contributed by atoms with E-state index in [4.69, 9.17) is 10.5 Å². The maximum absolute atomic E-state index is 11.9. The number of hydrazone groups is 1. The number of hydrogen-bond acceptors (Lipinski definition) is 7. The first kappa shape index (κ1) is 16.8. The lowest BCUT2D eigenvalue weighted by Gasteiger charge is -2.07. The Morgan fingerprint density at radius 3 is 2.91 bits per heavy atom. The van der Waals surface area contributed by atoms with Crippen molar-refractivity contribution in [3.05, 3.63) is 35.5 Å². The van der Waals surface area contributed by atoms with Gasteiger partial charge in [0.15, 0.2) is 0 Å². The van der Waals surface area contributed by atoms with Crippen molar-refractivity contribution in [3.63, 3.8) is 0 Å². The van der Waals surface area contributed by atoms with Crippen LogP contribution < -0.4 is 21.2 Å². The molecule has 23 heavy (non-hydrogen) atoms. The minimum absolute atomic E-state index is 0.0975. The van der Waals surface area contributed by atoms with Crippen LogP contribution in [0.2, 0.25) is 0 Å². The zero-order valence-electron chi connectivity index (χ0n) is 13.2. The first-order valence-corrected chi connectivity index (χ1v) is 7.71. The molecule has 2 rings (SSSR count). The topological polar surface area (TPSA) is 102 Å². The molecule has 0 saturated heterocycles. The van der Waals surface area contributed by atoms with Gasteiger partial charge >= 0.3 is 0 Å². The lowest BCUT2D eigenvalue weighted by Crippen LogP contribution is -2.26.